The SMILES string of the molecule is Cc1cccnc1OC1CCN(C(C)C(=O)N2CCC(C(N)=O)CC2)CC1. The molecule has 2 aliphatic heterocycles. The molecule has 2 N–H and O–H groups in total. The molecule has 0 aromatic carbocycles. The summed E-state index contributed by atoms with van der Waals surface area (Å²) in [5, 5.41) is 0. The number of hydrogen-bond donors (Lipinski definition) is 1. The lowest BCUT2D eigenvalue weighted by molar-refractivity contribution is -0.140. The van der Waals surface area contributed by atoms with E-state index in [1.54, 1.807) is 6.20 Å². The van der Waals surface area contributed by atoms with E-state index >= 15 is 0 Å². The van der Waals surface area contributed by atoms with Gasteiger partial charge in [-0.3, -0.25) is 14.5 Å². The number of likely N-dealkylation sites (tertiary alicyclic amines) is 2. The number of nitrogens with two attached hydrogens (primary N) is 1. The molecule has 2 fully saturated rings. The Balaban J connectivity index is 1.47. The molecule has 2 saturated heterocycles. The van der Waals surface area contributed by atoms with Crippen LogP contribution < -0.4 is 10.5 Å². The van der Waals surface area contributed by atoms with Crippen molar-refractivity contribution in [1.82, 2.24) is 14.8 Å². The summed E-state index contributed by atoms with van der Waals surface area (Å²) in [6.07, 6.45) is 5.01. The first-order valence-corrected chi connectivity index (χ1v) is 9.86. The van der Waals surface area contributed by atoms with Crippen LogP contribution in [0.2, 0.25) is 0 Å². The Morgan fingerprint density at radius 3 is 2.44 bits per heavy atom. The molecule has 1 atom stereocenters. The zero-order valence-corrected chi connectivity index (χ0v) is 16.3. The average molecular weight is 374 g/mol. The number of ether oxygens (including phenoxy) is 1. The maximum absolute atomic E-state index is 12.8. The average Bonchev–Trinajstić information content (AvgIpc) is 2.69. The van der Waals surface area contributed by atoms with Crippen LogP contribution in [-0.4, -0.2) is 64.9 Å². The third kappa shape index (κ3) is 4.77. The number of aryl methyl sites for hydroxylation is 1. The van der Waals surface area contributed by atoms with Crippen LogP contribution in [0, 0.1) is 12.8 Å². The molecule has 3 heterocycles. The van der Waals surface area contributed by atoms with Crippen LogP contribution >= 0.6 is 0 Å². The van der Waals surface area contributed by atoms with Crippen LogP contribution in [0.25, 0.3) is 0 Å². The van der Waals surface area contributed by atoms with E-state index in [1.165, 1.54) is 0 Å². The van der Waals surface area contributed by atoms with E-state index in [-0.39, 0.29) is 29.9 Å². The number of piperidine rings is 2. The fourth-order valence-corrected chi connectivity index (χ4v) is 3.94. The molecule has 7 nitrogen and oxygen atoms in total. The number of aromatic nitrogens is 1. The second-order valence-electron chi connectivity index (χ2n) is 7.66. The maximum Gasteiger partial charge on any atom is 0.239 e. The number of rotatable bonds is 5. The van der Waals surface area contributed by atoms with E-state index in [4.69, 9.17) is 10.5 Å². The minimum atomic E-state index is -0.250. The highest BCUT2D eigenvalue weighted by atomic mass is 16.5. The lowest BCUT2D eigenvalue weighted by Gasteiger charge is -2.39. The predicted molar refractivity (Wildman–Crippen MR) is 102 cm³/mol. The van der Waals surface area contributed by atoms with Gasteiger partial charge in [0.1, 0.15) is 6.10 Å². The Hall–Kier alpha value is -2.15. The van der Waals surface area contributed by atoms with E-state index in [9.17, 15) is 9.59 Å². The van der Waals surface area contributed by atoms with Gasteiger partial charge in [-0.15, -0.1) is 0 Å². The molecular formula is C20H30N4O3. The molecule has 0 saturated carbocycles. The molecule has 7 heteroatoms. The molecular weight excluding hydrogens is 344 g/mol. The first kappa shape index (κ1) is 19.6. The molecule has 1 unspecified atom stereocenters. The zero-order chi connectivity index (χ0) is 19.4. The van der Waals surface area contributed by atoms with Gasteiger partial charge < -0.3 is 15.4 Å². The van der Waals surface area contributed by atoms with Gasteiger partial charge in [-0.1, -0.05) is 6.07 Å². The van der Waals surface area contributed by atoms with Gasteiger partial charge in [0, 0.05) is 43.9 Å². The van der Waals surface area contributed by atoms with Gasteiger partial charge in [-0.2, -0.15) is 0 Å². The summed E-state index contributed by atoms with van der Waals surface area (Å²) in [5.74, 6) is 0.517. The second-order valence-corrected chi connectivity index (χ2v) is 7.66. The van der Waals surface area contributed by atoms with Gasteiger partial charge in [-0.25, -0.2) is 4.98 Å². The molecule has 0 aliphatic carbocycles. The van der Waals surface area contributed by atoms with Crippen molar-refractivity contribution in [1.29, 1.82) is 0 Å². The molecule has 0 spiro atoms. The van der Waals surface area contributed by atoms with E-state index < -0.39 is 0 Å². The molecule has 0 radical (unpaired) electrons. The number of carbonyl (C=O) groups excluding carboxylic acids is 2. The van der Waals surface area contributed by atoms with Gasteiger partial charge in [0.05, 0.1) is 6.04 Å². The van der Waals surface area contributed by atoms with Gasteiger partial charge in [0.2, 0.25) is 17.7 Å². The van der Waals surface area contributed by atoms with Crippen molar-refractivity contribution in [2.75, 3.05) is 26.2 Å². The van der Waals surface area contributed by atoms with Gasteiger partial charge in [0.15, 0.2) is 0 Å². The molecule has 0 bridgehead atoms. The van der Waals surface area contributed by atoms with Crippen molar-refractivity contribution < 1.29 is 14.3 Å². The topological polar surface area (TPSA) is 88.8 Å². The summed E-state index contributed by atoms with van der Waals surface area (Å²) in [7, 11) is 0. The van der Waals surface area contributed by atoms with E-state index in [2.05, 4.69) is 9.88 Å². The molecule has 2 aliphatic rings. The summed E-state index contributed by atoms with van der Waals surface area (Å²) < 4.78 is 6.05. The van der Waals surface area contributed by atoms with Crippen molar-refractivity contribution in [3.05, 3.63) is 23.9 Å². The standard InChI is InChI=1S/C20H30N4O3/c1-14-4-3-9-22-19(14)27-17-7-12-23(13-8-17)15(2)20(26)24-10-5-16(6-11-24)18(21)25/h3-4,9,15-17H,5-8,10-13H2,1-2H3,(H2,21,25). The number of nitrogens with zero attached hydrogens (tertiary/aromatic N) is 3. The summed E-state index contributed by atoms with van der Waals surface area (Å²) >= 11 is 0. The molecule has 2 amide bonds. The first-order valence-electron chi connectivity index (χ1n) is 9.86. The lowest BCUT2D eigenvalue weighted by Crippen LogP contribution is -2.52. The van der Waals surface area contributed by atoms with Crippen LogP contribution in [-0.2, 0) is 9.59 Å². The Bertz CT molecular complexity index is 665. The number of pyridine rings is 1. The van der Waals surface area contributed by atoms with Crippen LogP contribution in [0.3, 0.4) is 0 Å². The maximum atomic E-state index is 12.8. The third-order valence-corrected chi connectivity index (χ3v) is 5.83. The molecule has 1 aromatic heterocycles. The molecule has 27 heavy (non-hydrogen) atoms. The highest BCUT2D eigenvalue weighted by Gasteiger charge is 2.32. The van der Waals surface area contributed by atoms with Crippen molar-refractivity contribution in [3.8, 4) is 5.88 Å². The molecule has 1 aromatic rings. The fraction of sp³-hybridized carbons (Fsp3) is 0.650. The highest BCUT2D eigenvalue weighted by molar-refractivity contribution is 5.82. The van der Waals surface area contributed by atoms with Crippen LogP contribution in [0.1, 0.15) is 38.2 Å². The minimum absolute atomic E-state index is 0.0905. The summed E-state index contributed by atoms with van der Waals surface area (Å²) in [6.45, 7) is 6.89. The number of carbonyl (C=O) groups is 2. The first-order chi connectivity index (χ1) is 13.0. The van der Waals surface area contributed by atoms with E-state index in [0.29, 0.717) is 31.8 Å². The quantitative estimate of drug-likeness (QED) is 0.840. The third-order valence-electron chi connectivity index (χ3n) is 5.83. The number of hydrogen-bond acceptors (Lipinski definition) is 5. The number of amides is 2. The van der Waals surface area contributed by atoms with E-state index in [0.717, 1.165) is 31.5 Å². The van der Waals surface area contributed by atoms with Crippen LogP contribution in [0.15, 0.2) is 18.3 Å². The summed E-state index contributed by atoms with van der Waals surface area (Å²) in [6, 6.07) is 3.76. The Morgan fingerprint density at radius 2 is 1.85 bits per heavy atom. The summed E-state index contributed by atoms with van der Waals surface area (Å²) in [5.41, 5.74) is 6.42. The smallest absolute Gasteiger partial charge is 0.239 e. The monoisotopic (exact) mass is 374 g/mol. The number of primary amides is 1. The normalized spacial score (nSPS) is 21.0. The zero-order valence-electron chi connectivity index (χ0n) is 16.3. The van der Waals surface area contributed by atoms with Gasteiger partial charge >= 0.3 is 0 Å². The van der Waals surface area contributed by atoms with Crippen LogP contribution in [0.4, 0.5) is 0 Å². The summed E-state index contributed by atoms with van der Waals surface area (Å²) in [4.78, 5) is 32.5. The van der Waals surface area contributed by atoms with Crippen molar-refractivity contribution in [2.24, 2.45) is 11.7 Å². The van der Waals surface area contributed by atoms with E-state index in [1.807, 2.05) is 30.9 Å². The minimum Gasteiger partial charge on any atom is -0.474 e. The van der Waals surface area contributed by atoms with Crippen molar-refractivity contribution >= 4 is 11.8 Å². The van der Waals surface area contributed by atoms with Crippen molar-refractivity contribution in [3.63, 3.8) is 0 Å². The highest BCUT2D eigenvalue weighted by Crippen LogP contribution is 2.23. The van der Waals surface area contributed by atoms with Crippen molar-refractivity contribution in [2.45, 2.75) is 51.7 Å². The van der Waals surface area contributed by atoms with Gasteiger partial charge in [0.25, 0.3) is 0 Å². The molecule has 3 rings (SSSR count). The Labute approximate surface area is 160 Å². The predicted octanol–water partition coefficient (Wildman–Crippen LogP) is 1.35. The Morgan fingerprint density at radius 1 is 1.19 bits per heavy atom. The largest absolute Gasteiger partial charge is 0.474 e. The lowest BCUT2D eigenvalue weighted by atomic mass is 9.95. The fourth-order valence-electron chi connectivity index (χ4n) is 3.94. The molecule has 148 valence electrons. The Kier molecular flexibility index (Phi) is 6.31. The van der Waals surface area contributed by atoms with Gasteiger partial charge in [-0.05, 0) is 45.6 Å². The van der Waals surface area contributed by atoms with Crippen LogP contribution in [0.5, 0.6) is 5.88 Å². The second kappa shape index (κ2) is 8.69.